The Kier molecular flexibility index (Phi) is 14.4. The van der Waals surface area contributed by atoms with Gasteiger partial charge in [-0.05, 0) is 184 Å². The van der Waals surface area contributed by atoms with Crippen molar-refractivity contribution in [3.05, 3.63) is 263 Å². The zero-order chi connectivity index (χ0) is 60.8. The molecule has 0 fully saturated rings. The van der Waals surface area contributed by atoms with Crippen LogP contribution in [0, 0.1) is 25.5 Å². The van der Waals surface area contributed by atoms with Crippen LogP contribution in [0.5, 0.6) is 0 Å². The summed E-state index contributed by atoms with van der Waals surface area (Å²) in [6, 6.07) is 76.5. The molecule has 12 rings (SSSR count). The van der Waals surface area contributed by atoms with E-state index in [1.807, 2.05) is 0 Å². The van der Waals surface area contributed by atoms with E-state index < -0.39 is 0 Å². The molecule has 0 aliphatic rings. The first-order chi connectivity index (χ1) is 40.8. The lowest BCUT2D eigenvalue weighted by atomic mass is 9.85. The molecular formula is C82H78F2N2. The first kappa shape index (κ1) is 57.6. The maximum absolute atomic E-state index is 18.4. The molecule has 2 nitrogen and oxygen atoms in total. The van der Waals surface area contributed by atoms with Gasteiger partial charge >= 0.3 is 0 Å². The van der Waals surface area contributed by atoms with Crippen LogP contribution < -0.4 is 9.80 Å². The van der Waals surface area contributed by atoms with Crippen molar-refractivity contribution < 1.29 is 8.78 Å². The van der Waals surface area contributed by atoms with Gasteiger partial charge in [-0.25, -0.2) is 8.78 Å². The number of aryl methyl sites for hydroxylation is 2. The molecule has 0 radical (unpaired) electrons. The van der Waals surface area contributed by atoms with Crippen LogP contribution in [0.2, 0.25) is 0 Å². The van der Waals surface area contributed by atoms with Crippen molar-refractivity contribution in [2.24, 2.45) is 0 Å². The van der Waals surface area contributed by atoms with E-state index in [9.17, 15) is 0 Å². The topological polar surface area (TPSA) is 6.48 Å². The number of halogens is 2. The first-order valence-electron chi connectivity index (χ1n) is 30.3. The Hall–Kier alpha value is -8.86. The van der Waals surface area contributed by atoms with Gasteiger partial charge in [0.05, 0.1) is 22.7 Å². The van der Waals surface area contributed by atoms with E-state index in [1.54, 1.807) is 12.1 Å². The fourth-order valence-corrected chi connectivity index (χ4v) is 12.5. The Labute approximate surface area is 508 Å². The zero-order valence-corrected chi connectivity index (χ0v) is 52.4. The molecule has 0 amide bonds. The van der Waals surface area contributed by atoms with Crippen molar-refractivity contribution in [3.8, 4) is 44.5 Å². The normalized spacial score (nSPS) is 12.4. The van der Waals surface area contributed by atoms with Crippen LogP contribution >= 0.6 is 0 Å². The maximum Gasteiger partial charge on any atom is 0.148 e. The van der Waals surface area contributed by atoms with E-state index >= 15 is 8.78 Å². The number of hydrogen-bond donors (Lipinski definition) is 0. The van der Waals surface area contributed by atoms with Crippen molar-refractivity contribution in [3.63, 3.8) is 0 Å². The third kappa shape index (κ3) is 10.8. The van der Waals surface area contributed by atoms with Crippen molar-refractivity contribution in [1.29, 1.82) is 0 Å². The highest BCUT2D eigenvalue weighted by Crippen LogP contribution is 2.52. The highest BCUT2D eigenvalue weighted by Gasteiger charge is 2.30. The van der Waals surface area contributed by atoms with Gasteiger partial charge < -0.3 is 9.80 Å². The number of nitrogens with zero attached hydrogens (tertiary/aromatic N) is 2. The van der Waals surface area contributed by atoms with Crippen molar-refractivity contribution in [1.82, 2.24) is 0 Å². The van der Waals surface area contributed by atoms with Crippen LogP contribution in [-0.4, -0.2) is 0 Å². The van der Waals surface area contributed by atoms with Crippen LogP contribution in [0.4, 0.5) is 42.9 Å². The highest BCUT2D eigenvalue weighted by molar-refractivity contribution is 6.28. The number of anilines is 6. The summed E-state index contributed by atoms with van der Waals surface area (Å²) in [4.78, 5) is 4.27. The molecule has 0 aliphatic heterocycles. The molecule has 0 bridgehead atoms. The number of benzene rings is 12. The molecule has 4 heteroatoms. The quantitative estimate of drug-likeness (QED) is 0.126. The van der Waals surface area contributed by atoms with Crippen LogP contribution in [0.1, 0.15) is 116 Å². The van der Waals surface area contributed by atoms with E-state index in [4.69, 9.17) is 0 Å². The third-order valence-electron chi connectivity index (χ3n) is 17.5. The van der Waals surface area contributed by atoms with Crippen molar-refractivity contribution in [2.45, 2.75) is 119 Å². The van der Waals surface area contributed by atoms with Gasteiger partial charge in [0.25, 0.3) is 0 Å². The molecule has 0 atom stereocenters. The minimum absolute atomic E-state index is 0.0299. The van der Waals surface area contributed by atoms with Gasteiger partial charge in [-0.3, -0.25) is 0 Å². The summed E-state index contributed by atoms with van der Waals surface area (Å²) in [5.74, 6) is -0.668. The van der Waals surface area contributed by atoms with Gasteiger partial charge in [0.2, 0.25) is 0 Å². The Morgan fingerprint density at radius 1 is 0.291 bits per heavy atom. The van der Waals surface area contributed by atoms with Crippen LogP contribution in [-0.2, 0) is 21.7 Å². The fraction of sp³-hybridized carbons (Fsp3) is 0.220. The lowest BCUT2D eigenvalue weighted by Gasteiger charge is -2.32. The average Bonchev–Trinajstić information content (AvgIpc) is 0.750. The van der Waals surface area contributed by atoms with Crippen molar-refractivity contribution in [2.75, 3.05) is 9.80 Å². The SMILES string of the molecule is Cc1cccc(N(c2c(F)cc(-c3ccc(C(C)(C)C)cc3)cc2-c2ccc(C(C)(C)C)cc2)c2ccc3ccc4c(N(c5cccc(C)c5)c5c(F)cc(-c6ccc(C(C)(C)C)cc6)cc5-c5ccc(C(C)(C)C)cc5)ccc5ccc2c3c54)c1. The summed E-state index contributed by atoms with van der Waals surface area (Å²) in [5, 5.41) is 6.10. The van der Waals surface area contributed by atoms with Gasteiger partial charge in [-0.15, -0.1) is 0 Å². The Morgan fingerprint density at radius 3 is 0.895 bits per heavy atom. The lowest BCUT2D eigenvalue weighted by molar-refractivity contribution is 0.590. The summed E-state index contributed by atoms with van der Waals surface area (Å²) >= 11 is 0. The van der Waals surface area contributed by atoms with E-state index in [1.165, 1.54) is 22.3 Å². The molecular weight excluding hydrogens is 1050 g/mol. The molecule has 0 saturated heterocycles. The van der Waals surface area contributed by atoms with E-state index in [-0.39, 0.29) is 33.3 Å². The molecule has 0 heterocycles. The van der Waals surface area contributed by atoms with Crippen LogP contribution in [0.3, 0.4) is 0 Å². The molecule has 12 aromatic rings. The second-order valence-electron chi connectivity index (χ2n) is 28.0. The Morgan fingerprint density at radius 2 is 0.593 bits per heavy atom. The predicted octanol–water partition coefficient (Wildman–Crippen LogP) is 24.3. The molecule has 0 aromatic heterocycles. The summed E-state index contributed by atoms with van der Waals surface area (Å²) < 4.78 is 36.8. The third-order valence-corrected chi connectivity index (χ3v) is 17.5. The first-order valence-corrected chi connectivity index (χ1v) is 30.3. The Bertz CT molecular complexity index is 4210. The van der Waals surface area contributed by atoms with Gasteiger partial charge in [0, 0.05) is 33.3 Å². The largest absolute Gasteiger partial charge is 0.307 e. The fourth-order valence-electron chi connectivity index (χ4n) is 12.5. The number of rotatable bonds is 10. The Balaban J connectivity index is 1.11. The second-order valence-corrected chi connectivity index (χ2v) is 28.0. The van der Waals surface area contributed by atoms with Crippen LogP contribution in [0.15, 0.2) is 218 Å². The van der Waals surface area contributed by atoms with Crippen molar-refractivity contribution >= 4 is 66.4 Å². The minimum atomic E-state index is -0.334. The predicted molar refractivity (Wildman–Crippen MR) is 365 cm³/mol. The van der Waals surface area contributed by atoms with Crippen LogP contribution in [0.25, 0.3) is 76.8 Å². The second kappa shape index (κ2) is 21.6. The van der Waals surface area contributed by atoms with E-state index in [0.29, 0.717) is 11.4 Å². The molecule has 86 heavy (non-hydrogen) atoms. The summed E-state index contributed by atoms with van der Waals surface area (Å²) in [6.07, 6.45) is 0. The summed E-state index contributed by atoms with van der Waals surface area (Å²) in [5.41, 5.74) is 17.9. The summed E-state index contributed by atoms with van der Waals surface area (Å²) in [6.45, 7) is 30.8. The van der Waals surface area contributed by atoms with Gasteiger partial charge in [-0.2, -0.15) is 0 Å². The smallest absolute Gasteiger partial charge is 0.148 e. The van der Waals surface area contributed by atoms with E-state index in [2.05, 4.69) is 313 Å². The van der Waals surface area contributed by atoms with Gasteiger partial charge in [0.15, 0.2) is 0 Å². The van der Waals surface area contributed by atoms with Gasteiger partial charge in [-0.1, -0.05) is 241 Å². The molecule has 0 spiro atoms. The molecule has 0 N–H and O–H groups in total. The molecule has 430 valence electrons. The highest BCUT2D eigenvalue weighted by atomic mass is 19.1. The monoisotopic (exact) mass is 1130 g/mol. The van der Waals surface area contributed by atoms with Gasteiger partial charge in [0.1, 0.15) is 11.6 Å². The molecule has 0 unspecified atom stereocenters. The molecule has 12 aromatic carbocycles. The standard InChI is InChI=1S/C82H78F2N2/c1-51-17-15-19-65(45-51)85(77-69(55-25-37-63(38-26-55)81(9,10)11)47-59(49-71(77)83)53-21-33-61(34-22-53)79(3,4)5)73-43-31-57-30-42-68-74(44-32-58-29-41-67(73)75(57)76(58)68)86(66-20-16-18-52(2)46-66)78-70(56-27-39-64(40-28-56)82(12,13)14)48-60(50-72(78)84)54-23-35-62(36-24-54)80(6,7)8/h15-50H,1-14H3. The number of hydrogen-bond acceptors (Lipinski definition) is 2. The molecule has 0 saturated carbocycles. The zero-order valence-electron chi connectivity index (χ0n) is 52.4. The van der Waals surface area contributed by atoms with E-state index in [0.717, 1.165) is 111 Å². The minimum Gasteiger partial charge on any atom is -0.307 e. The maximum atomic E-state index is 18.4. The molecule has 0 aliphatic carbocycles. The average molecular weight is 1130 g/mol. The summed E-state index contributed by atoms with van der Waals surface area (Å²) in [7, 11) is 0. The lowest BCUT2D eigenvalue weighted by Crippen LogP contribution is -2.15.